The fourth-order valence-corrected chi connectivity index (χ4v) is 1.48. The summed E-state index contributed by atoms with van der Waals surface area (Å²) in [7, 11) is 1.54. The summed E-state index contributed by atoms with van der Waals surface area (Å²) in [4.78, 5) is 16.6. The summed E-state index contributed by atoms with van der Waals surface area (Å²) < 4.78 is 5.13. The van der Waals surface area contributed by atoms with Crippen molar-refractivity contribution >= 4 is 11.9 Å². The number of aliphatic hydroxyl groups excluding tert-OH is 1. The molecule has 0 spiro atoms. The summed E-state index contributed by atoms with van der Waals surface area (Å²) in [5.41, 5.74) is 0.740. The molecule has 2 rings (SSSR count). The van der Waals surface area contributed by atoms with Gasteiger partial charge in [-0.15, -0.1) is 0 Å². The maximum atomic E-state index is 8.75. The summed E-state index contributed by atoms with van der Waals surface area (Å²) in [6, 6.07) is 3.45. The fourth-order valence-electron chi connectivity index (χ4n) is 1.48. The zero-order chi connectivity index (χ0) is 14.2. The van der Waals surface area contributed by atoms with Crippen LogP contribution in [0.15, 0.2) is 24.5 Å². The van der Waals surface area contributed by atoms with Gasteiger partial charge in [0.05, 0.1) is 19.4 Å². The van der Waals surface area contributed by atoms with Gasteiger partial charge < -0.3 is 15.2 Å². The molecule has 0 aliphatic rings. The van der Waals surface area contributed by atoms with E-state index in [2.05, 4.69) is 30.6 Å². The Kier molecular flexibility index (Phi) is 5.15. The van der Waals surface area contributed by atoms with E-state index in [0.717, 1.165) is 5.69 Å². The van der Waals surface area contributed by atoms with Crippen molar-refractivity contribution in [2.75, 3.05) is 25.6 Å². The standard InChI is InChI=1S/C12H16N6O2/c1-20-10-7-9(8-13-5-6-19)16-12(17-10)18-11-14-3-2-4-15-11/h2-4,7,13,19H,5-6,8H2,1H3,(H,14,15,16,17,18). The molecule has 0 fully saturated rings. The van der Waals surface area contributed by atoms with Gasteiger partial charge in [-0.3, -0.25) is 5.32 Å². The summed E-state index contributed by atoms with van der Waals surface area (Å²) >= 11 is 0. The van der Waals surface area contributed by atoms with E-state index in [9.17, 15) is 0 Å². The molecule has 0 amide bonds. The lowest BCUT2D eigenvalue weighted by Crippen LogP contribution is -2.18. The van der Waals surface area contributed by atoms with Gasteiger partial charge >= 0.3 is 0 Å². The van der Waals surface area contributed by atoms with Crippen LogP contribution in [0, 0.1) is 0 Å². The second kappa shape index (κ2) is 7.31. The number of aliphatic hydroxyl groups is 1. The number of nitrogens with one attached hydrogen (secondary N) is 2. The van der Waals surface area contributed by atoms with Crippen LogP contribution < -0.4 is 15.4 Å². The number of aromatic nitrogens is 4. The van der Waals surface area contributed by atoms with E-state index < -0.39 is 0 Å². The van der Waals surface area contributed by atoms with E-state index in [-0.39, 0.29) is 6.61 Å². The number of nitrogens with zero attached hydrogens (tertiary/aromatic N) is 4. The average molecular weight is 276 g/mol. The van der Waals surface area contributed by atoms with Crippen molar-refractivity contribution in [3.05, 3.63) is 30.2 Å². The molecule has 0 radical (unpaired) electrons. The van der Waals surface area contributed by atoms with Gasteiger partial charge in [0.25, 0.3) is 0 Å². The van der Waals surface area contributed by atoms with Crippen LogP contribution in [-0.4, -0.2) is 45.3 Å². The molecule has 20 heavy (non-hydrogen) atoms. The molecule has 0 saturated heterocycles. The lowest BCUT2D eigenvalue weighted by molar-refractivity contribution is 0.291. The molecule has 0 aliphatic carbocycles. The van der Waals surface area contributed by atoms with Crippen LogP contribution in [-0.2, 0) is 6.54 Å². The molecule has 0 aromatic carbocycles. The van der Waals surface area contributed by atoms with Gasteiger partial charge in [0, 0.05) is 31.5 Å². The molecule has 3 N–H and O–H groups in total. The summed E-state index contributed by atoms with van der Waals surface area (Å²) in [6.07, 6.45) is 3.25. The van der Waals surface area contributed by atoms with E-state index in [1.807, 2.05) is 0 Å². The molecule has 2 heterocycles. The van der Waals surface area contributed by atoms with Gasteiger partial charge in [0.1, 0.15) is 0 Å². The van der Waals surface area contributed by atoms with Crippen LogP contribution >= 0.6 is 0 Å². The summed E-state index contributed by atoms with van der Waals surface area (Å²) in [5.74, 6) is 1.21. The Morgan fingerprint density at radius 2 is 2.00 bits per heavy atom. The van der Waals surface area contributed by atoms with Gasteiger partial charge in [0.2, 0.25) is 17.8 Å². The van der Waals surface area contributed by atoms with Crippen LogP contribution in [0.3, 0.4) is 0 Å². The minimum absolute atomic E-state index is 0.0746. The largest absolute Gasteiger partial charge is 0.481 e. The first-order chi connectivity index (χ1) is 9.81. The first-order valence-corrected chi connectivity index (χ1v) is 6.09. The molecule has 2 aromatic rings. The van der Waals surface area contributed by atoms with E-state index in [0.29, 0.717) is 30.9 Å². The SMILES string of the molecule is COc1cc(CNCCO)nc(Nc2ncccn2)n1. The predicted molar refractivity (Wildman–Crippen MR) is 72.7 cm³/mol. The molecule has 0 atom stereocenters. The minimum atomic E-state index is 0.0746. The fraction of sp³-hybridized carbons (Fsp3) is 0.333. The third kappa shape index (κ3) is 4.11. The highest BCUT2D eigenvalue weighted by Crippen LogP contribution is 2.14. The quantitative estimate of drug-likeness (QED) is 0.612. The number of ether oxygens (including phenoxy) is 1. The number of methoxy groups -OCH3 is 1. The summed E-state index contributed by atoms with van der Waals surface area (Å²) in [5, 5.41) is 14.7. The van der Waals surface area contributed by atoms with Crippen molar-refractivity contribution < 1.29 is 9.84 Å². The Morgan fingerprint density at radius 1 is 1.20 bits per heavy atom. The van der Waals surface area contributed by atoms with E-state index in [1.54, 1.807) is 24.5 Å². The molecule has 2 aromatic heterocycles. The van der Waals surface area contributed by atoms with Crippen LogP contribution in [0.1, 0.15) is 5.69 Å². The zero-order valence-corrected chi connectivity index (χ0v) is 11.1. The lowest BCUT2D eigenvalue weighted by Gasteiger charge is -2.08. The third-order valence-electron chi connectivity index (χ3n) is 2.35. The van der Waals surface area contributed by atoms with Gasteiger partial charge in [-0.1, -0.05) is 0 Å². The van der Waals surface area contributed by atoms with Crippen molar-refractivity contribution in [1.82, 2.24) is 25.3 Å². The van der Waals surface area contributed by atoms with E-state index in [4.69, 9.17) is 9.84 Å². The maximum absolute atomic E-state index is 8.75. The maximum Gasteiger partial charge on any atom is 0.233 e. The van der Waals surface area contributed by atoms with Crippen LogP contribution in [0.5, 0.6) is 5.88 Å². The van der Waals surface area contributed by atoms with E-state index in [1.165, 1.54) is 7.11 Å². The molecular weight excluding hydrogens is 260 g/mol. The Bertz CT molecular complexity index is 537. The number of hydrogen-bond donors (Lipinski definition) is 3. The average Bonchev–Trinajstić information content (AvgIpc) is 2.48. The van der Waals surface area contributed by atoms with Crippen molar-refractivity contribution in [2.45, 2.75) is 6.54 Å². The first kappa shape index (κ1) is 14.1. The highest BCUT2D eigenvalue weighted by atomic mass is 16.5. The normalized spacial score (nSPS) is 10.3. The second-order valence-electron chi connectivity index (χ2n) is 3.82. The van der Waals surface area contributed by atoms with Crippen LogP contribution in [0.4, 0.5) is 11.9 Å². The topological polar surface area (TPSA) is 105 Å². The van der Waals surface area contributed by atoms with E-state index >= 15 is 0 Å². The Labute approximate surface area is 116 Å². The Hall–Kier alpha value is -2.32. The van der Waals surface area contributed by atoms with Crippen molar-refractivity contribution in [1.29, 1.82) is 0 Å². The molecule has 8 nitrogen and oxygen atoms in total. The lowest BCUT2D eigenvalue weighted by atomic mass is 10.4. The molecule has 0 saturated carbocycles. The van der Waals surface area contributed by atoms with Crippen LogP contribution in [0.2, 0.25) is 0 Å². The van der Waals surface area contributed by atoms with Crippen molar-refractivity contribution in [2.24, 2.45) is 0 Å². The molecule has 0 unspecified atom stereocenters. The first-order valence-electron chi connectivity index (χ1n) is 6.09. The number of rotatable bonds is 7. The summed E-state index contributed by atoms with van der Waals surface area (Å²) in [6.45, 7) is 1.08. The van der Waals surface area contributed by atoms with Crippen molar-refractivity contribution in [3.8, 4) is 5.88 Å². The van der Waals surface area contributed by atoms with Gasteiger partial charge in [-0.25, -0.2) is 15.0 Å². The monoisotopic (exact) mass is 276 g/mol. The highest BCUT2D eigenvalue weighted by molar-refractivity contribution is 5.43. The van der Waals surface area contributed by atoms with Gasteiger partial charge in [-0.2, -0.15) is 4.98 Å². The van der Waals surface area contributed by atoms with Crippen molar-refractivity contribution in [3.63, 3.8) is 0 Å². The van der Waals surface area contributed by atoms with Gasteiger partial charge in [-0.05, 0) is 6.07 Å². The Morgan fingerprint density at radius 3 is 2.70 bits per heavy atom. The number of hydrogen-bond acceptors (Lipinski definition) is 8. The molecule has 0 aliphatic heterocycles. The zero-order valence-electron chi connectivity index (χ0n) is 11.1. The molecule has 8 heteroatoms. The molecule has 0 bridgehead atoms. The second-order valence-corrected chi connectivity index (χ2v) is 3.82. The minimum Gasteiger partial charge on any atom is -0.481 e. The highest BCUT2D eigenvalue weighted by Gasteiger charge is 2.06. The predicted octanol–water partition coefficient (Wildman–Crippen LogP) is 0.101. The number of anilines is 2. The third-order valence-corrected chi connectivity index (χ3v) is 2.35. The molecule has 106 valence electrons. The smallest absolute Gasteiger partial charge is 0.233 e. The molecular formula is C12H16N6O2. The van der Waals surface area contributed by atoms with Crippen LogP contribution in [0.25, 0.3) is 0 Å². The Balaban J connectivity index is 2.13. The van der Waals surface area contributed by atoms with Gasteiger partial charge in [0.15, 0.2) is 0 Å².